The molecule has 8 nitrogen and oxygen atoms in total. The van der Waals surface area contributed by atoms with E-state index < -0.39 is 36.7 Å². The minimum Gasteiger partial charge on any atom is -0.507 e. The van der Waals surface area contributed by atoms with Gasteiger partial charge in [0.25, 0.3) is 5.91 Å². The molecule has 1 heterocycles. The number of aliphatic hydroxyl groups excluding tert-OH is 2. The third kappa shape index (κ3) is 4.56. The Kier molecular flexibility index (Phi) is 5.86. The number of hydrogen-bond acceptors (Lipinski definition) is 7. The van der Waals surface area contributed by atoms with E-state index in [9.17, 15) is 24.9 Å². The smallest absolute Gasteiger partial charge is 0.258 e. The van der Waals surface area contributed by atoms with Crippen LogP contribution in [0.4, 0.5) is 0 Å². The topological polar surface area (TPSA) is 129 Å². The van der Waals surface area contributed by atoms with Crippen molar-refractivity contribution in [2.45, 2.75) is 12.5 Å². The van der Waals surface area contributed by atoms with Gasteiger partial charge in [-0.15, -0.1) is 0 Å². The maximum atomic E-state index is 12.4. The van der Waals surface area contributed by atoms with Crippen LogP contribution in [0.15, 0.2) is 57.7 Å². The molecule has 4 N–H and O–H groups in total. The Hall–Kier alpha value is -3.36. The van der Waals surface area contributed by atoms with Crippen LogP contribution in [0.3, 0.4) is 0 Å². The number of rotatable bonds is 7. The van der Waals surface area contributed by atoms with E-state index in [2.05, 4.69) is 5.32 Å². The summed E-state index contributed by atoms with van der Waals surface area (Å²) in [6.45, 7) is 0.161. The Morgan fingerprint density at radius 2 is 1.83 bits per heavy atom. The number of hydrogen-bond donors (Lipinski definition) is 4. The van der Waals surface area contributed by atoms with E-state index >= 15 is 0 Å². The lowest BCUT2D eigenvalue weighted by atomic mass is 10.1. The van der Waals surface area contributed by atoms with Crippen molar-refractivity contribution in [3.05, 3.63) is 58.8 Å². The summed E-state index contributed by atoms with van der Waals surface area (Å²) in [6, 6.07) is 12.9. The zero-order valence-corrected chi connectivity index (χ0v) is 15.7. The largest absolute Gasteiger partial charge is 0.507 e. The van der Waals surface area contributed by atoms with Gasteiger partial charge < -0.3 is 29.8 Å². The quantitative estimate of drug-likeness (QED) is 0.473. The molecule has 0 atom stereocenters. The van der Waals surface area contributed by atoms with Crippen LogP contribution in [0.1, 0.15) is 6.92 Å². The van der Waals surface area contributed by atoms with E-state index in [-0.39, 0.29) is 22.5 Å². The molecule has 2 aromatic carbocycles. The van der Waals surface area contributed by atoms with Gasteiger partial charge in [0.05, 0.1) is 18.8 Å². The van der Waals surface area contributed by atoms with Crippen LogP contribution in [0, 0.1) is 0 Å². The number of aromatic hydroxyl groups is 1. The third-order valence-electron chi connectivity index (χ3n) is 4.35. The van der Waals surface area contributed by atoms with Gasteiger partial charge in [-0.3, -0.25) is 9.59 Å². The molecule has 0 aliphatic heterocycles. The number of amides is 1. The second-order valence-corrected chi connectivity index (χ2v) is 6.87. The molecule has 152 valence electrons. The Bertz CT molecular complexity index is 1070. The van der Waals surface area contributed by atoms with Crippen LogP contribution in [0.25, 0.3) is 22.3 Å². The molecular formula is C21H21NO7. The summed E-state index contributed by atoms with van der Waals surface area (Å²) in [4.78, 5) is 24.4. The predicted octanol–water partition coefficient (Wildman–Crippen LogP) is 1.40. The Morgan fingerprint density at radius 1 is 1.14 bits per heavy atom. The van der Waals surface area contributed by atoms with Crippen LogP contribution >= 0.6 is 0 Å². The molecule has 1 aromatic heterocycles. The molecule has 0 radical (unpaired) electrons. The first-order valence-corrected chi connectivity index (χ1v) is 8.87. The Balaban J connectivity index is 1.86. The SMILES string of the molecule is CC(CO)(CO)NC(=O)COc1cc(O)c2c(=O)cc(-c3ccccc3)oc2c1. The van der Waals surface area contributed by atoms with Gasteiger partial charge in [0.1, 0.15) is 28.2 Å². The number of carbonyl (C=O) groups excluding carboxylic acids is 1. The highest BCUT2D eigenvalue weighted by molar-refractivity contribution is 5.86. The van der Waals surface area contributed by atoms with Crippen molar-refractivity contribution >= 4 is 16.9 Å². The van der Waals surface area contributed by atoms with E-state index in [1.807, 2.05) is 18.2 Å². The maximum Gasteiger partial charge on any atom is 0.258 e. The van der Waals surface area contributed by atoms with Gasteiger partial charge in [0.2, 0.25) is 0 Å². The fourth-order valence-corrected chi connectivity index (χ4v) is 2.72. The second kappa shape index (κ2) is 8.34. The lowest BCUT2D eigenvalue weighted by Gasteiger charge is -2.26. The van der Waals surface area contributed by atoms with E-state index in [1.165, 1.54) is 25.1 Å². The van der Waals surface area contributed by atoms with Crippen molar-refractivity contribution in [1.82, 2.24) is 5.32 Å². The molecule has 0 spiro atoms. The van der Waals surface area contributed by atoms with Crippen LogP contribution < -0.4 is 15.5 Å². The summed E-state index contributed by atoms with van der Waals surface area (Å²) >= 11 is 0. The van der Waals surface area contributed by atoms with Gasteiger partial charge in [-0.25, -0.2) is 0 Å². The molecule has 8 heteroatoms. The number of carbonyl (C=O) groups is 1. The van der Waals surface area contributed by atoms with Crippen LogP contribution in [0.2, 0.25) is 0 Å². The summed E-state index contributed by atoms with van der Waals surface area (Å²) in [5, 5.41) is 31.1. The first-order chi connectivity index (χ1) is 13.8. The van der Waals surface area contributed by atoms with Gasteiger partial charge in [-0.1, -0.05) is 30.3 Å². The van der Waals surface area contributed by atoms with Crippen molar-refractivity contribution in [2.75, 3.05) is 19.8 Å². The summed E-state index contributed by atoms with van der Waals surface area (Å²) in [7, 11) is 0. The molecular weight excluding hydrogens is 378 g/mol. The average Bonchev–Trinajstić information content (AvgIpc) is 2.72. The number of nitrogens with one attached hydrogen (secondary N) is 1. The van der Waals surface area contributed by atoms with E-state index in [4.69, 9.17) is 9.15 Å². The highest BCUT2D eigenvalue weighted by atomic mass is 16.5. The van der Waals surface area contributed by atoms with E-state index in [0.717, 1.165) is 0 Å². The number of aliphatic hydroxyl groups is 2. The normalized spacial score (nSPS) is 11.4. The first-order valence-electron chi connectivity index (χ1n) is 8.87. The minimum atomic E-state index is -1.18. The number of ether oxygens (including phenoxy) is 1. The first kappa shape index (κ1) is 20.4. The number of phenolic OH excluding ortho intramolecular Hbond substituents is 1. The van der Waals surface area contributed by atoms with Gasteiger partial charge in [-0.2, -0.15) is 0 Å². The van der Waals surface area contributed by atoms with Gasteiger partial charge in [0.15, 0.2) is 12.0 Å². The Labute approximate surface area is 166 Å². The monoisotopic (exact) mass is 399 g/mol. The molecule has 0 saturated heterocycles. The highest BCUT2D eigenvalue weighted by Gasteiger charge is 2.24. The lowest BCUT2D eigenvalue weighted by Crippen LogP contribution is -2.53. The zero-order chi connectivity index (χ0) is 21.0. The van der Waals surface area contributed by atoms with Crippen molar-refractivity contribution in [1.29, 1.82) is 0 Å². The second-order valence-electron chi connectivity index (χ2n) is 6.87. The van der Waals surface area contributed by atoms with Gasteiger partial charge >= 0.3 is 0 Å². The molecule has 0 unspecified atom stereocenters. The molecule has 0 fully saturated rings. The Morgan fingerprint density at radius 3 is 2.48 bits per heavy atom. The minimum absolute atomic E-state index is 0.00891. The number of phenols is 1. The van der Waals surface area contributed by atoms with Crippen molar-refractivity contribution in [2.24, 2.45) is 0 Å². The zero-order valence-electron chi connectivity index (χ0n) is 15.7. The summed E-state index contributed by atoms with van der Waals surface area (Å²) in [6.07, 6.45) is 0. The van der Waals surface area contributed by atoms with Crippen LogP contribution in [-0.4, -0.2) is 46.6 Å². The average molecular weight is 399 g/mol. The molecule has 0 aliphatic carbocycles. The van der Waals surface area contributed by atoms with Gasteiger partial charge in [-0.05, 0) is 6.92 Å². The molecule has 29 heavy (non-hydrogen) atoms. The summed E-state index contributed by atoms with van der Waals surface area (Å²) < 4.78 is 11.1. The van der Waals surface area contributed by atoms with Crippen molar-refractivity contribution in [3.63, 3.8) is 0 Å². The number of benzene rings is 2. The standard InChI is InChI=1S/C21H21NO7/c1-21(11-23,12-24)22-19(27)10-28-14-7-15(25)20-16(26)9-17(29-18(20)8-14)13-5-3-2-4-6-13/h2-9,23-25H,10-12H2,1H3,(H,22,27). The molecule has 3 aromatic rings. The fraction of sp³-hybridized carbons (Fsp3) is 0.238. The highest BCUT2D eigenvalue weighted by Crippen LogP contribution is 2.31. The van der Waals surface area contributed by atoms with Crippen LogP contribution in [-0.2, 0) is 4.79 Å². The van der Waals surface area contributed by atoms with E-state index in [1.54, 1.807) is 12.1 Å². The predicted molar refractivity (Wildman–Crippen MR) is 106 cm³/mol. The molecule has 0 saturated carbocycles. The van der Waals surface area contributed by atoms with Crippen LogP contribution in [0.5, 0.6) is 11.5 Å². The molecule has 1 amide bonds. The van der Waals surface area contributed by atoms with E-state index in [0.29, 0.717) is 11.3 Å². The van der Waals surface area contributed by atoms with Crippen molar-refractivity contribution in [3.8, 4) is 22.8 Å². The van der Waals surface area contributed by atoms with Crippen molar-refractivity contribution < 1.29 is 29.3 Å². The molecule has 3 rings (SSSR count). The summed E-state index contributed by atoms with van der Waals surface area (Å²) in [5.74, 6) is -0.455. The fourth-order valence-electron chi connectivity index (χ4n) is 2.72. The number of fused-ring (bicyclic) bond motifs is 1. The molecule has 0 aliphatic rings. The summed E-state index contributed by atoms with van der Waals surface area (Å²) in [5.41, 5.74) is -0.775. The lowest BCUT2D eigenvalue weighted by molar-refractivity contribution is -0.126. The van der Waals surface area contributed by atoms with Gasteiger partial charge in [0, 0.05) is 23.8 Å². The maximum absolute atomic E-state index is 12.4. The third-order valence-corrected chi connectivity index (χ3v) is 4.35. The molecule has 0 bridgehead atoms.